The summed E-state index contributed by atoms with van der Waals surface area (Å²) in [4.78, 5) is 2.58. The van der Waals surface area contributed by atoms with Gasteiger partial charge in [0.25, 0.3) is 0 Å². The van der Waals surface area contributed by atoms with Gasteiger partial charge < -0.3 is 15.4 Å². The highest BCUT2D eigenvalue weighted by atomic mass is 16.5. The van der Waals surface area contributed by atoms with Crippen molar-refractivity contribution in [3.8, 4) is 0 Å². The predicted molar refractivity (Wildman–Crippen MR) is 83.8 cm³/mol. The maximum atomic E-state index is 5.71. The summed E-state index contributed by atoms with van der Waals surface area (Å²) in [6, 6.07) is 10.8. The number of ether oxygens (including phenoxy) is 1. The lowest BCUT2D eigenvalue weighted by atomic mass is 10.1. The molecular formula is C17H28N2O. The number of hydrogen-bond acceptors (Lipinski definition) is 3. The van der Waals surface area contributed by atoms with E-state index in [1.165, 1.54) is 57.3 Å². The van der Waals surface area contributed by atoms with Crippen molar-refractivity contribution in [2.75, 3.05) is 32.8 Å². The Morgan fingerprint density at radius 1 is 1.10 bits per heavy atom. The van der Waals surface area contributed by atoms with E-state index in [4.69, 9.17) is 10.5 Å². The van der Waals surface area contributed by atoms with Gasteiger partial charge in [0.05, 0.1) is 12.7 Å². The van der Waals surface area contributed by atoms with Crippen molar-refractivity contribution in [1.82, 2.24) is 4.90 Å². The highest BCUT2D eigenvalue weighted by Gasteiger charge is 2.18. The fraction of sp³-hybridized carbons (Fsp3) is 0.647. The standard InChI is InChI=1S/C17H28N2O/c18-11-15-20-17-9-13-19(14-10-17)12-5-4-8-16-6-2-1-3-7-16/h1-3,6-7,17H,4-5,8-15,18H2. The molecule has 112 valence electrons. The summed E-state index contributed by atoms with van der Waals surface area (Å²) in [7, 11) is 0. The summed E-state index contributed by atoms with van der Waals surface area (Å²) in [5.41, 5.74) is 6.93. The molecule has 3 heteroatoms. The fourth-order valence-electron chi connectivity index (χ4n) is 2.84. The molecule has 0 saturated carbocycles. The van der Waals surface area contributed by atoms with Crippen LogP contribution in [-0.4, -0.2) is 43.8 Å². The largest absolute Gasteiger partial charge is 0.377 e. The van der Waals surface area contributed by atoms with Gasteiger partial charge in [0.2, 0.25) is 0 Å². The van der Waals surface area contributed by atoms with Gasteiger partial charge in [0.1, 0.15) is 0 Å². The second-order valence-electron chi connectivity index (χ2n) is 5.64. The number of piperidine rings is 1. The van der Waals surface area contributed by atoms with Gasteiger partial charge in [0, 0.05) is 19.6 Å². The minimum atomic E-state index is 0.444. The van der Waals surface area contributed by atoms with E-state index in [2.05, 4.69) is 35.2 Å². The number of likely N-dealkylation sites (tertiary alicyclic amines) is 1. The molecule has 3 nitrogen and oxygen atoms in total. The third kappa shape index (κ3) is 5.61. The highest BCUT2D eigenvalue weighted by Crippen LogP contribution is 2.14. The molecule has 0 aromatic heterocycles. The molecule has 0 spiro atoms. The smallest absolute Gasteiger partial charge is 0.0600 e. The van der Waals surface area contributed by atoms with E-state index in [1.54, 1.807) is 0 Å². The molecular weight excluding hydrogens is 248 g/mol. The first kappa shape index (κ1) is 15.5. The normalized spacial score (nSPS) is 17.4. The molecule has 1 aliphatic rings. The molecule has 0 radical (unpaired) electrons. The Labute approximate surface area is 123 Å². The van der Waals surface area contributed by atoms with Crippen molar-refractivity contribution in [3.05, 3.63) is 35.9 Å². The van der Waals surface area contributed by atoms with Gasteiger partial charge in [-0.3, -0.25) is 0 Å². The molecule has 0 unspecified atom stereocenters. The van der Waals surface area contributed by atoms with Crippen LogP contribution in [-0.2, 0) is 11.2 Å². The Morgan fingerprint density at radius 2 is 1.85 bits per heavy atom. The summed E-state index contributed by atoms with van der Waals surface area (Å²) < 4.78 is 5.71. The fourth-order valence-corrected chi connectivity index (χ4v) is 2.84. The lowest BCUT2D eigenvalue weighted by Crippen LogP contribution is -2.38. The first-order valence-corrected chi connectivity index (χ1v) is 7.96. The summed E-state index contributed by atoms with van der Waals surface area (Å²) in [6.07, 6.45) is 6.56. The number of aryl methyl sites for hydroxylation is 1. The van der Waals surface area contributed by atoms with Gasteiger partial charge in [-0.1, -0.05) is 30.3 Å². The number of unbranched alkanes of at least 4 members (excludes halogenated alkanes) is 1. The average molecular weight is 276 g/mol. The topological polar surface area (TPSA) is 38.5 Å². The number of nitrogens with two attached hydrogens (primary N) is 1. The van der Waals surface area contributed by atoms with E-state index in [1.807, 2.05) is 0 Å². The monoisotopic (exact) mass is 276 g/mol. The summed E-state index contributed by atoms with van der Waals surface area (Å²) in [6.45, 7) is 4.94. The zero-order valence-electron chi connectivity index (χ0n) is 12.5. The van der Waals surface area contributed by atoms with Crippen molar-refractivity contribution in [2.24, 2.45) is 5.73 Å². The van der Waals surface area contributed by atoms with Gasteiger partial charge >= 0.3 is 0 Å². The molecule has 2 rings (SSSR count). The lowest BCUT2D eigenvalue weighted by molar-refractivity contribution is 0.0112. The zero-order chi connectivity index (χ0) is 14.0. The summed E-state index contributed by atoms with van der Waals surface area (Å²) in [5, 5.41) is 0. The van der Waals surface area contributed by atoms with Crippen molar-refractivity contribution in [2.45, 2.75) is 38.2 Å². The first-order chi connectivity index (χ1) is 9.88. The third-order valence-corrected chi connectivity index (χ3v) is 4.04. The minimum Gasteiger partial charge on any atom is -0.377 e. The predicted octanol–water partition coefficient (Wildman–Crippen LogP) is 2.45. The van der Waals surface area contributed by atoms with Crippen molar-refractivity contribution in [3.63, 3.8) is 0 Å². The van der Waals surface area contributed by atoms with Gasteiger partial charge in [-0.15, -0.1) is 0 Å². The van der Waals surface area contributed by atoms with Gasteiger partial charge in [-0.2, -0.15) is 0 Å². The van der Waals surface area contributed by atoms with Crippen LogP contribution in [0.4, 0.5) is 0 Å². The minimum absolute atomic E-state index is 0.444. The Hall–Kier alpha value is -0.900. The molecule has 1 heterocycles. The van der Waals surface area contributed by atoms with Crippen LogP contribution in [0.1, 0.15) is 31.2 Å². The van der Waals surface area contributed by atoms with Gasteiger partial charge in [-0.05, 0) is 44.2 Å². The highest BCUT2D eigenvalue weighted by molar-refractivity contribution is 5.14. The SMILES string of the molecule is NCCOC1CCN(CCCCc2ccccc2)CC1. The number of benzene rings is 1. The molecule has 2 N–H and O–H groups in total. The van der Waals surface area contributed by atoms with E-state index in [0.29, 0.717) is 19.3 Å². The van der Waals surface area contributed by atoms with E-state index < -0.39 is 0 Å². The molecule has 1 saturated heterocycles. The molecule has 0 amide bonds. The van der Waals surface area contributed by atoms with Crippen LogP contribution in [0.5, 0.6) is 0 Å². The van der Waals surface area contributed by atoms with E-state index in [0.717, 1.165) is 0 Å². The Kier molecular flexibility index (Phi) is 7.06. The molecule has 0 aliphatic carbocycles. The number of hydrogen-bond donors (Lipinski definition) is 1. The zero-order valence-corrected chi connectivity index (χ0v) is 12.5. The van der Waals surface area contributed by atoms with Crippen LogP contribution in [0.15, 0.2) is 30.3 Å². The average Bonchev–Trinajstić information content (AvgIpc) is 2.52. The van der Waals surface area contributed by atoms with Crippen LogP contribution >= 0.6 is 0 Å². The Balaban J connectivity index is 1.53. The maximum Gasteiger partial charge on any atom is 0.0600 e. The van der Waals surface area contributed by atoms with Crippen LogP contribution < -0.4 is 5.73 Å². The molecule has 1 aromatic rings. The van der Waals surface area contributed by atoms with Crippen molar-refractivity contribution < 1.29 is 4.74 Å². The molecule has 1 fully saturated rings. The van der Waals surface area contributed by atoms with Gasteiger partial charge in [-0.25, -0.2) is 0 Å². The van der Waals surface area contributed by atoms with Crippen molar-refractivity contribution >= 4 is 0 Å². The lowest BCUT2D eigenvalue weighted by Gasteiger charge is -2.31. The number of rotatable bonds is 8. The molecule has 1 aromatic carbocycles. The van der Waals surface area contributed by atoms with Crippen LogP contribution in [0.3, 0.4) is 0 Å². The molecule has 1 aliphatic heterocycles. The second kappa shape index (κ2) is 9.11. The Bertz CT molecular complexity index is 347. The maximum absolute atomic E-state index is 5.71. The molecule has 0 atom stereocenters. The second-order valence-corrected chi connectivity index (χ2v) is 5.64. The molecule has 0 bridgehead atoms. The first-order valence-electron chi connectivity index (χ1n) is 7.96. The van der Waals surface area contributed by atoms with Gasteiger partial charge in [0.15, 0.2) is 0 Å². The third-order valence-electron chi connectivity index (χ3n) is 4.04. The quantitative estimate of drug-likeness (QED) is 0.741. The molecule has 20 heavy (non-hydrogen) atoms. The summed E-state index contributed by atoms with van der Waals surface area (Å²) in [5.74, 6) is 0. The Morgan fingerprint density at radius 3 is 2.55 bits per heavy atom. The van der Waals surface area contributed by atoms with E-state index in [-0.39, 0.29) is 0 Å². The van der Waals surface area contributed by atoms with Crippen LogP contribution in [0.25, 0.3) is 0 Å². The number of nitrogens with zero attached hydrogens (tertiary/aromatic N) is 1. The van der Waals surface area contributed by atoms with Crippen LogP contribution in [0, 0.1) is 0 Å². The van der Waals surface area contributed by atoms with E-state index in [9.17, 15) is 0 Å². The summed E-state index contributed by atoms with van der Waals surface area (Å²) >= 11 is 0. The van der Waals surface area contributed by atoms with Crippen LogP contribution in [0.2, 0.25) is 0 Å². The van der Waals surface area contributed by atoms with E-state index >= 15 is 0 Å². The van der Waals surface area contributed by atoms with Crippen molar-refractivity contribution in [1.29, 1.82) is 0 Å².